The van der Waals surface area contributed by atoms with E-state index in [2.05, 4.69) is 41.6 Å². The minimum absolute atomic E-state index is 0.492. The highest BCUT2D eigenvalue weighted by Crippen LogP contribution is 2.26. The molecule has 0 saturated heterocycles. The molecule has 7 nitrogen and oxygen atoms in total. The lowest BCUT2D eigenvalue weighted by Gasteiger charge is -1.99. The maximum absolute atomic E-state index is 5.62. The van der Waals surface area contributed by atoms with Crippen molar-refractivity contribution in [1.82, 2.24) is 25.7 Å². The van der Waals surface area contributed by atoms with Crippen LogP contribution in [-0.4, -0.2) is 26.9 Å². The molecule has 8 heteroatoms. The molecule has 21 heavy (non-hydrogen) atoms. The van der Waals surface area contributed by atoms with Gasteiger partial charge in [-0.05, 0) is 28.1 Å². The lowest BCUT2D eigenvalue weighted by atomic mass is 10.2. The highest BCUT2D eigenvalue weighted by Gasteiger charge is 2.10. The normalized spacial score (nSPS) is 10.9. The number of aromatic nitrogens is 4. The Labute approximate surface area is 128 Å². The summed E-state index contributed by atoms with van der Waals surface area (Å²) in [5.74, 6) is 1.63. The van der Waals surface area contributed by atoms with Crippen molar-refractivity contribution >= 4 is 15.9 Å². The van der Waals surface area contributed by atoms with Gasteiger partial charge in [-0.3, -0.25) is 0 Å². The van der Waals surface area contributed by atoms with Crippen molar-refractivity contribution in [3.63, 3.8) is 0 Å². The minimum atomic E-state index is 0.492. The maximum atomic E-state index is 5.62. The van der Waals surface area contributed by atoms with E-state index in [1.54, 1.807) is 0 Å². The van der Waals surface area contributed by atoms with Crippen LogP contribution in [0.4, 0.5) is 0 Å². The molecule has 0 spiro atoms. The summed E-state index contributed by atoms with van der Waals surface area (Å²) in [6, 6.07) is 7.71. The molecule has 0 saturated carbocycles. The third-order valence-electron chi connectivity index (χ3n) is 2.77. The largest absolute Gasteiger partial charge is 0.419 e. The molecule has 3 rings (SSSR count). The first kappa shape index (κ1) is 13.9. The molecule has 1 N–H and O–H groups in total. The molecule has 0 aliphatic carbocycles. The van der Waals surface area contributed by atoms with E-state index in [-0.39, 0.29) is 0 Å². The zero-order valence-electron chi connectivity index (χ0n) is 11.0. The first-order valence-electron chi connectivity index (χ1n) is 6.36. The van der Waals surface area contributed by atoms with Gasteiger partial charge in [-0.1, -0.05) is 17.3 Å². The predicted molar refractivity (Wildman–Crippen MR) is 77.1 cm³/mol. The second-order valence-electron chi connectivity index (χ2n) is 4.24. The Kier molecular flexibility index (Phi) is 4.37. The Bertz CT molecular complexity index is 698. The lowest BCUT2D eigenvalue weighted by molar-refractivity contribution is 0.373. The summed E-state index contributed by atoms with van der Waals surface area (Å²) in [5.41, 5.74) is 0.877. The average molecular weight is 350 g/mol. The van der Waals surface area contributed by atoms with Gasteiger partial charge in [0.25, 0.3) is 0 Å². The molecule has 2 aromatic heterocycles. The van der Waals surface area contributed by atoms with Crippen LogP contribution in [-0.2, 0) is 13.0 Å². The average Bonchev–Trinajstić information content (AvgIpc) is 3.16. The molecule has 0 aliphatic heterocycles. The number of nitrogens with one attached hydrogen (secondary N) is 1. The quantitative estimate of drug-likeness (QED) is 0.682. The topological polar surface area (TPSA) is 89.9 Å². The fourth-order valence-corrected chi connectivity index (χ4v) is 2.22. The Morgan fingerprint density at radius 3 is 2.86 bits per heavy atom. The van der Waals surface area contributed by atoms with Gasteiger partial charge in [-0.25, -0.2) is 0 Å². The van der Waals surface area contributed by atoms with Gasteiger partial charge in [-0.2, -0.15) is 4.98 Å². The Morgan fingerprint density at radius 1 is 1.14 bits per heavy atom. The smallest absolute Gasteiger partial charge is 0.248 e. The molecule has 0 bridgehead atoms. The summed E-state index contributed by atoms with van der Waals surface area (Å²) in [5, 5.41) is 14.8. The van der Waals surface area contributed by atoms with E-state index < -0.39 is 0 Å². The predicted octanol–water partition coefficient (Wildman–Crippen LogP) is 2.21. The van der Waals surface area contributed by atoms with Gasteiger partial charge in [0.05, 0.1) is 12.1 Å². The molecule has 0 atom stereocenters. The fourth-order valence-electron chi connectivity index (χ4n) is 1.77. The van der Waals surface area contributed by atoms with Crippen LogP contribution < -0.4 is 5.32 Å². The molecule has 0 aliphatic rings. The van der Waals surface area contributed by atoms with Gasteiger partial charge in [-0.15, -0.1) is 10.2 Å². The summed E-state index contributed by atoms with van der Waals surface area (Å²) >= 11 is 3.46. The number of halogens is 1. The third-order valence-corrected chi connectivity index (χ3v) is 3.46. The molecule has 3 aromatic rings. The van der Waals surface area contributed by atoms with Gasteiger partial charge in [0, 0.05) is 17.4 Å². The van der Waals surface area contributed by atoms with E-state index in [9.17, 15) is 0 Å². The zero-order valence-corrected chi connectivity index (χ0v) is 12.6. The van der Waals surface area contributed by atoms with Gasteiger partial charge >= 0.3 is 0 Å². The van der Waals surface area contributed by atoms with E-state index in [0.717, 1.165) is 10.0 Å². The molecule has 1 aromatic carbocycles. The van der Waals surface area contributed by atoms with Crippen LogP contribution in [0, 0.1) is 0 Å². The monoisotopic (exact) mass is 349 g/mol. The van der Waals surface area contributed by atoms with Crippen molar-refractivity contribution in [2.24, 2.45) is 0 Å². The van der Waals surface area contributed by atoms with Crippen LogP contribution in [0.25, 0.3) is 11.5 Å². The second kappa shape index (κ2) is 6.59. The molecule has 108 valence electrons. The SMILES string of the molecule is Brc1ccccc1-c1nnc(CNCCc2ncno2)o1. The number of hydrogen-bond acceptors (Lipinski definition) is 7. The van der Waals surface area contributed by atoms with Gasteiger partial charge < -0.3 is 14.3 Å². The van der Waals surface area contributed by atoms with Crippen LogP contribution in [0.5, 0.6) is 0 Å². The summed E-state index contributed by atoms with van der Waals surface area (Å²) in [6.45, 7) is 1.18. The Morgan fingerprint density at radius 2 is 2.05 bits per heavy atom. The Balaban J connectivity index is 1.55. The number of nitrogens with zero attached hydrogens (tertiary/aromatic N) is 4. The van der Waals surface area contributed by atoms with E-state index in [4.69, 9.17) is 8.94 Å². The van der Waals surface area contributed by atoms with Crippen molar-refractivity contribution in [3.8, 4) is 11.5 Å². The summed E-state index contributed by atoms with van der Waals surface area (Å²) < 4.78 is 11.4. The van der Waals surface area contributed by atoms with E-state index >= 15 is 0 Å². The van der Waals surface area contributed by atoms with E-state index in [1.165, 1.54) is 6.33 Å². The van der Waals surface area contributed by atoms with Crippen LogP contribution in [0.15, 0.2) is 44.0 Å². The standard InChI is InChI=1S/C13H12BrN5O2/c14-10-4-2-1-3-9(10)13-19-18-12(20-13)7-15-6-5-11-16-8-17-21-11/h1-4,8,15H,5-7H2. The van der Waals surface area contributed by atoms with E-state index in [1.807, 2.05) is 24.3 Å². The van der Waals surface area contributed by atoms with Crippen LogP contribution in [0.1, 0.15) is 11.8 Å². The summed E-state index contributed by atoms with van der Waals surface area (Å²) in [7, 11) is 0. The number of rotatable bonds is 6. The zero-order chi connectivity index (χ0) is 14.5. The molecule has 0 fully saturated rings. The van der Waals surface area contributed by atoms with Crippen molar-refractivity contribution < 1.29 is 8.94 Å². The minimum Gasteiger partial charge on any atom is -0.419 e. The molecule has 0 radical (unpaired) electrons. The van der Waals surface area contributed by atoms with Gasteiger partial charge in [0.1, 0.15) is 0 Å². The molecule has 0 unspecified atom stereocenters. The van der Waals surface area contributed by atoms with Crippen LogP contribution >= 0.6 is 15.9 Å². The lowest BCUT2D eigenvalue weighted by Crippen LogP contribution is -2.17. The van der Waals surface area contributed by atoms with Gasteiger partial charge in [0.2, 0.25) is 17.7 Å². The molecule has 2 heterocycles. The Hall–Kier alpha value is -2.06. The third kappa shape index (κ3) is 3.53. The molecule has 0 amide bonds. The van der Waals surface area contributed by atoms with Gasteiger partial charge in [0.15, 0.2) is 6.33 Å². The number of hydrogen-bond donors (Lipinski definition) is 1. The molecular formula is C13H12BrN5O2. The highest BCUT2D eigenvalue weighted by atomic mass is 79.9. The fraction of sp³-hybridized carbons (Fsp3) is 0.231. The van der Waals surface area contributed by atoms with E-state index in [0.29, 0.717) is 37.2 Å². The molecular weight excluding hydrogens is 338 g/mol. The first-order chi connectivity index (χ1) is 10.3. The van der Waals surface area contributed by atoms with Crippen molar-refractivity contribution in [1.29, 1.82) is 0 Å². The highest BCUT2D eigenvalue weighted by molar-refractivity contribution is 9.10. The summed E-state index contributed by atoms with van der Waals surface area (Å²) in [6.07, 6.45) is 2.04. The van der Waals surface area contributed by atoms with Crippen molar-refractivity contribution in [3.05, 3.63) is 46.8 Å². The van der Waals surface area contributed by atoms with Crippen molar-refractivity contribution in [2.45, 2.75) is 13.0 Å². The summed E-state index contributed by atoms with van der Waals surface area (Å²) in [4.78, 5) is 3.94. The first-order valence-corrected chi connectivity index (χ1v) is 7.16. The van der Waals surface area contributed by atoms with Crippen LogP contribution in [0.3, 0.4) is 0 Å². The number of benzene rings is 1. The maximum Gasteiger partial charge on any atom is 0.248 e. The van der Waals surface area contributed by atoms with Crippen molar-refractivity contribution in [2.75, 3.05) is 6.54 Å². The van der Waals surface area contributed by atoms with Crippen LogP contribution in [0.2, 0.25) is 0 Å². The second-order valence-corrected chi connectivity index (χ2v) is 5.10.